The predicted molar refractivity (Wildman–Crippen MR) is 199 cm³/mol. The highest BCUT2D eigenvalue weighted by molar-refractivity contribution is 14.2. The minimum atomic E-state index is -4.83. The topological polar surface area (TPSA) is 120 Å². The molecule has 1 aromatic carbocycles. The zero-order chi connectivity index (χ0) is 37.1. The number of nitrogens with two attached hydrogens (primary N) is 1. The predicted octanol–water partition coefficient (Wildman–Crippen LogP) is 8.09. The van der Waals surface area contributed by atoms with Gasteiger partial charge in [0.05, 0.1) is 48.4 Å². The Bertz CT molecular complexity index is 2170. The van der Waals surface area contributed by atoms with Crippen molar-refractivity contribution in [3.8, 4) is 23.1 Å². The maximum absolute atomic E-state index is 16.7. The average Bonchev–Trinajstić information content (AvgIpc) is 3.78. The number of methoxy groups -OCH3 is 1. The number of rotatable bonds is 5. The number of fused-ring (bicyclic) bond motifs is 2. The molecule has 4 atom stereocenters. The Labute approximate surface area is 314 Å². The van der Waals surface area contributed by atoms with E-state index in [9.17, 15) is 17.6 Å². The Kier molecular flexibility index (Phi) is 10.3. The van der Waals surface area contributed by atoms with E-state index in [0.29, 0.717) is 28.7 Å². The Morgan fingerprint density at radius 2 is 1.96 bits per heavy atom. The van der Waals surface area contributed by atoms with Crippen molar-refractivity contribution in [3.63, 3.8) is 0 Å². The molecule has 3 aliphatic rings. The molecule has 4 aromatic heterocycles. The quantitative estimate of drug-likeness (QED) is 0.105. The van der Waals surface area contributed by atoms with E-state index in [1.165, 1.54) is 45.3 Å². The molecule has 5 aromatic rings. The van der Waals surface area contributed by atoms with Crippen LogP contribution in [0.1, 0.15) is 48.9 Å². The first-order chi connectivity index (χ1) is 24.8. The van der Waals surface area contributed by atoms with E-state index < -0.39 is 41.0 Å². The summed E-state index contributed by atoms with van der Waals surface area (Å²) in [6, 6.07) is 2.98. The molecule has 0 aliphatic carbocycles. The number of alkyl halides is 4. The summed E-state index contributed by atoms with van der Waals surface area (Å²) in [6.07, 6.45) is 0.788. The van der Waals surface area contributed by atoms with Gasteiger partial charge in [-0.1, -0.05) is 11.6 Å². The van der Waals surface area contributed by atoms with Crippen LogP contribution in [0.5, 0.6) is 11.9 Å². The van der Waals surface area contributed by atoms with Crippen LogP contribution in [0, 0.1) is 12.7 Å². The zero-order valence-electron chi connectivity index (χ0n) is 28.1. The van der Waals surface area contributed by atoms with Gasteiger partial charge in [0.25, 0.3) is 0 Å². The minimum Gasteiger partial charge on any atom is -0.475 e. The Morgan fingerprint density at radius 3 is 2.67 bits per heavy atom. The lowest BCUT2D eigenvalue weighted by molar-refractivity contribution is -0.137. The van der Waals surface area contributed by atoms with Crippen LogP contribution in [0.25, 0.3) is 33.1 Å². The summed E-state index contributed by atoms with van der Waals surface area (Å²) in [6.45, 7) is 5.27. The van der Waals surface area contributed by atoms with Crippen LogP contribution in [0.15, 0.2) is 24.5 Å². The van der Waals surface area contributed by atoms with E-state index in [0.717, 1.165) is 13.0 Å². The van der Waals surface area contributed by atoms with E-state index in [1.807, 2.05) is 6.92 Å². The van der Waals surface area contributed by atoms with Gasteiger partial charge in [0.15, 0.2) is 5.82 Å². The van der Waals surface area contributed by atoms with Gasteiger partial charge in [-0.3, -0.25) is 4.90 Å². The van der Waals surface area contributed by atoms with Crippen LogP contribution in [0.4, 0.5) is 33.6 Å². The number of nitrogens with zero attached hydrogens (tertiary/aromatic N) is 8. The maximum atomic E-state index is 16.7. The lowest BCUT2D eigenvalue weighted by Crippen LogP contribution is -2.31. The van der Waals surface area contributed by atoms with Gasteiger partial charge in [0.1, 0.15) is 41.0 Å². The fourth-order valence-corrected chi connectivity index (χ4v) is 9.07. The summed E-state index contributed by atoms with van der Waals surface area (Å²) >= 11 is 8.26. The first-order valence-electron chi connectivity index (χ1n) is 16.4. The number of hydrogen-bond donors (Lipinski definition) is 1. The maximum Gasteiger partial charge on any atom is 0.417 e. The molecule has 0 radical (unpaired) electrons. The highest BCUT2D eigenvalue weighted by Gasteiger charge is 2.40. The van der Waals surface area contributed by atoms with Crippen LogP contribution in [-0.2, 0) is 6.18 Å². The van der Waals surface area contributed by atoms with Crippen molar-refractivity contribution < 1.29 is 31.4 Å². The molecule has 0 spiro atoms. The summed E-state index contributed by atoms with van der Waals surface area (Å²) in [5, 5.41) is 4.76. The van der Waals surface area contributed by atoms with Crippen molar-refractivity contribution in [1.82, 2.24) is 34.4 Å². The van der Waals surface area contributed by atoms with E-state index >= 15 is 4.39 Å². The summed E-state index contributed by atoms with van der Waals surface area (Å²) in [5.74, 6) is -0.787. The van der Waals surface area contributed by atoms with Crippen molar-refractivity contribution in [1.29, 1.82) is 0 Å². The molecule has 19 heteroatoms. The van der Waals surface area contributed by atoms with Crippen LogP contribution < -0.4 is 20.1 Å². The molecule has 8 rings (SSSR count). The second-order valence-electron chi connectivity index (χ2n) is 12.8. The first kappa shape index (κ1) is 36.9. The van der Waals surface area contributed by atoms with Gasteiger partial charge in [-0.05, 0) is 79.4 Å². The molecule has 2 saturated heterocycles. The molecule has 2 N–H and O–H groups in total. The second-order valence-corrected chi connectivity index (χ2v) is 15.3. The van der Waals surface area contributed by atoms with Gasteiger partial charge in [-0.15, -0.1) is 0 Å². The monoisotopic (exact) mass is 875 g/mol. The third-order valence-electron chi connectivity index (χ3n) is 9.70. The summed E-state index contributed by atoms with van der Waals surface area (Å²) in [5.41, 5.74) is 4.68. The van der Waals surface area contributed by atoms with E-state index in [1.54, 1.807) is 15.4 Å². The number of ether oxygens (including phenoxy) is 2. The van der Waals surface area contributed by atoms with Crippen LogP contribution >= 0.6 is 40.0 Å². The standard InChI is InChI=1S/C26H21ClF4IN8O2P.C7H12FN/c1-10-6-15-14(9-35-40(15)43-32)16(18(10)26(29,30)31)20-19(28)21-17-23(38-25(37-21)41-3)39(4-5-42-24(17)36-20)11(2)13-7-12(27)8-34-22(13)33;8-6-4-7-2-1-3-9(7)5-6/h6-9,11,43H,4-5H2,1-3H3,(H2,33,34);6-7H,1-5H2. The molecule has 11 nitrogen and oxygen atoms in total. The molecular formula is C33H33ClF5IN9O2P. The lowest BCUT2D eigenvalue weighted by Gasteiger charge is -2.30. The van der Waals surface area contributed by atoms with Crippen LogP contribution in [-0.4, -0.2) is 80.0 Å². The molecule has 4 unspecified atom stereocenters. The number of benzene rings is 1. The number of anilines is 2. The van der Waals surface area contributed by atoms with Gasteiger partial charge in [0.2, 0.25) is 5.88 Å². The van der Waals surface area contributed by atoms with Crippen LogP contribution in [0.3, 0.4) is 0 Å². The summed E-state index contributed by atoms with van der Waals surface area (Å²) in [7, 11) is 1.31. The average molecular weight is 876 g/mol. The van der Waals surface area contributed by atoms with Gasteiger partial charge in [-0.2, -0.15) is 28.2 Å². The number of aryl methyl sites for hydroxylation is 1. The number of nitrogen functional groups attached to an aromatic ring is 1. The number of pyridine rings is 2. The molecule has 0 amide bonds. The molecule has 7 heterocycles. The minimum absolute atomic E-state index is 0.0351. The molecule has 52 heavy (non-hydrogen) atoms. The lowest BCUT2D eigenvalue weighted by atomic mass is 9.94. The molecule has 0 bridgehead atoms. The first-order valence-corrected chi connectivity index (χ1v) is 20.8. The summed E-state index contributed by atoms with van der Waals surface area (Å²) in [4.78, 5) is 21.3. The van der Waals surface area contributed by atoms with Gasteiger partial charge in [0, 0.05) is 35.3 Å². The third-order valence-corrected chi connectivity index (χ3v) is 11.8. The normalized spacial score (nSPS) is 19.5. The third kappa shape index (κ3) is 6.66. The van der Waals surface area contributed by atoms with Crippen LogP contribution in [0.2, 0.25) is 5.02 Å². The summed E-state index contributed by atoms with van der Waals surface area (Å²) < 4.78 is 85.8. The van der Waals surface area contributed by atoms with E-state index in [-0.39, 0.29) is 64.9 Å². The van der Waals surface area contributed by atoms with Crippen molar-refractivity contribution >= 4 is 73.5 Å². The SMILES string of the molecule is COc1nc2c3c(nc(-c4c(C(F)(F)F)c(C)cc5c4cnn5PI)c(F)c3n1)OCCN2C(C)c1cc(Cl)cnc1N.FC1CC2CCCN2C1. The highest BCUT2D eigenvalue weighted by atomic mass is 127. The largest absolute Gasteiger partial charge is 0.475 e. The molecule has 0 saturated carbocycles. The van der Waals surface area contributed by atoms with E-state index in [4.69, 9.17) is 26.8 Å². The van der Waals surface area contributed by atoms with Gasteiger partial charge in [-0.25, -0.2) is 23.2 Å². The van der Waals surface area contributed by atoms with Crippen molar-refractivity contribution in [3.05, 3.63) is 52.1 Å². The van der Waals surface area contributed by atoms with Gasteiger partial charge < -0.3 is 20.1 Å². The Morgan fingerprint density at radius 1 is 1.17 bits per heavy atom. The van der Waals surface area contributed by atoms with Crippen molar-refractivity contribution in [2.24, 2.45) is 0 Å². The van der Waals surface area contributed by atoms with Crippen molar-refractivity contribution in [2.45, 2.75) is 57.5 Å². The number of aromatic nitrogens is 6. The smallest absolute Gasteiger partial charge is 0.417 e. The highest BCUT2D eigenvalue weighted by Crippen LogP contribution is 2.48. The molecule has 2 fully saturated rings. The van der Waals surface area contributed by atoms with Gasteiger partial charge >= 0.3 is 12.2 Å². The number of hydrogen-bond acceptors (Lipinski definition) is 10. The Hall–Kier alpha value is -3.41. The second kappa shape index (κ2) is 14.4. The van der Waals surface area contributed by atoms with E-state index in [2.05, 4.69) is 52.0 Å². The molecule has 3 aliphatic heterocycles. The molecule has 276 valence electrons. The number of halogens is 7. The zero-order valence-corrected chi connectivity index (χ0v) is 32.0. The molecular weight excluding hydrogens is 843 g/mol. The Balaban J connectivity index is 0.000000404. The fourth-order valence-electron chi connectivity index (χ4n) is 7.37. The van der Waals surface area contributed by atoms with Crippen molar-refractivity contribution in [2.75, 3.05) is 44.0 Å². The fraction of sp³-hybridized carbons (Fsp3) is 0.424.